The minimum Gasteiger partial charge on any atom is -0.345 e. The van der Waals surface area contributed by atoms with Crippen LogP contribution < -0.4 is 10.9 Å². The van der Waals surface area contributed by atoms with E-state index in [1.807, 2.05) is 0 Å². The van der Waals surface area contributed by atoms with Crippen molar-refractivity contribution < 1.29 is 9.18 Å². The molecule has 1 aromatic carbocycles. The lowest BCUT2D eigenvalue weighted by atomic mass is 10.2. The number of H-pyrrole nitrogens is 1. The predicted molar refractivity (Wildman–Crippen MR) is 83.2 cm³/mol. The summed E-state index contributed by atoms with van der Waals surface area (Å²) in [6.07, 6.45) is 5.22. The van der Waals surface area contributed by atoms with Crippen LogP contribution in [0.2, 0.25) is 5.02 Å². The summed E-state index contributed by atoms with van der Waals surface area (Å²) < 4.78 is 13.1. The molecule has 0 aliphatic heterocycles. The SMILES string of the molecule is C#CCNC(=O)CCc1nnc(-c2ccc(F)c(Cl)c2)[nH]c1=O. The number of carbonyl (C=O) groups is 1. The van der Waals surface area contributed by atoms with Gasteiger partial charge in [0.05, 0.1) is 11.6 Å². The molecule has 1 aromatic heterocycles. The average Bonchev–Trinajstić information content (AvgIpc) is 2.54. The molecule has 0 atom stereocenters. The summed E-state index contributed by atoms with van der Waals surface area (Å²) in [5.74, 6) is 1.59. The first kappa shape index (κ1) is 16.6. The molecule has 0 saturated carbocycles. The molecular weight excluding hydrogens is 323 g/mol. The zero-order chi connectivity index (χ0) is 16.8. The first-order valence-corrected chi connectivity index (χ1v) is 7.00. The van der Waals surface area contributed by atoms with Gasteiger partial charge in [-0.2, -0.15) is 0 Å². The molecule has 118 valence electrons. The van der Waals surface area contributed by atoms with E-state index in [-0.39, 0.29) is 41.8 Å². The van der Waals surface area contributed by atoms with Crippen molar-refractivity contribution >= 4 is 17.5 Å². The second kappa shape index (κ2) is 7.51. The van der Waals surface area contributed by atoms with Crippen LogP contribution in [0.1, 0.15) is 12.1 Å². The quantitative estimate of drug-likeness (QED) is 0.807. The van der Waals surface area contributed by atoms with E-state index >= 15 is 0 Å². The van der Waals surface area contributed by atoms with Crippen LogP contribution in [-0.2, 0) is 11.2 Å². The molecule has 8 heteroatoms. The van der Waals surface area contributed by atoms with Gasteiger partial charge in [0, 0.05) is 18.4 Å². The summed E-state index contributed by atoms with van der Waals surface area (Å²) >= 11 is 5.69. The highest BCUT2D eigenvalue weighted by Gasteiger charge is 2.10. The highest BCUT2D eigenvalue weighted by atomic mass is 35.5. The molecule has 2 N–H and O–H groups in total. The van der Waals surface area contributed by atoms with E-state index in [2.05, 4.69) is 26.4 Å². The fourth-order valence-electron chi connectivity index (χ4n) is 1.77. The van der Waals surface area contributed by atoms with E-state index in [1.54, 1.807) is 0 Å². The average molecular weight is 335 g/mol. The Kier molecular flexibility index (Phi) is 5.44. The monoisotopic (exact) mass is 334 g/mol. The largest absolute Gasteiger partial charge is 0.345 e. The minimum absolute atomic E-state index is 0.0706. The molecule has 2 rings (SSSR count). The standard InChI is InChI=1S/C15H12ClFN4O2/c1-2-7-18-13(22)6-5-12-15(23)19-14(21-20-12)9-3-4-11(17)10(16)8-9/h1,3-4,8H,5-7H2,(H,18,22)(H,19,21,23). The van der Waals surface area contributed by atoms with Gasteiger partial charge in [-0.25, -0.2) is 4.39 Å². The van der Waals surface area contributed by atoms with Crippen molar-refractivity contribution in [3.63, 3.8) is 0 Å². The van der Waals surface area contributed by atoms with Gasteiger partial charge in [-0.1, -0.05) is 17.5 Å². The number of aromatic nitrogens is 3. The second-order valence-electron chi connectivity index (χ2n) is 4.56. The summed E-state index contributed by atoms with van der Waals surface area (Å²) in [7, 11) is 0. The third-order valence-corrected chi connectivity index (χ3v) is 3.22. The van der Waals surface area contributed by atoms with Gasteiger partial charge in [0.25, 0.3) is 5.56 Å². The van der Waals surface area contributed by atoms with Gasteiger partial charge in [0.2, 0.25) is 5.91 Å². The van der Waals surface area contributed by atoms with Gasteiger partial charge in [-0.05, 0) is 18.2 Å². The van der Waals surface area contributed by atoms with Gasteiger partial charge in [0.1, 0.15) is 11.5 Å². The first-order valence-electron chi connectivity index (χ1n) is 6.62. The Morgan fingerprint density at radius 3 is 2.87 bits per heavy atom. The number of amides is 1. The topological polar surface area (TPSA) is 87.7 Å². The minimum atomic E-state index is -0.569. The Hall–Kier alpha value is -2.72. The van der Waals surface area contributed by atoms with Crippen molar-refractivity contribution in [2.24, 2.45) is 0 Å². The van der Waals surface area contributed by atoms with E-state index in [9.17, 15) is 14.0 Å². The summed E-state index contributed by atoms with van der Waals surface area (Å²) in [6.45, 7) is 0.130. The van der Waals surface area contributed by atoms with Crippen LogP contribution in [0.5, 0.6) is 0 Å². The molecule has 0 radical (unpaired) electrons. The predicted octanol–water partition coefficient (Wildman–Crippen LogP) is 1.31. The van der Waals surface area contributed by atoms with E-state index < -0.39 is 11.4 Å². The number of nitrogens with one attached hydrogen (secondary N) is 2. The third-order valence-electron chi connectivity index (χ3n) is 2.93. The number of hydrogen-bond donors (Lipinski definition) is 2. The number of carbonyl (C=O) groups excluding carboxylic acids is 1. The van der Waals surface area contributed by atoms with Crippen molar-refractivity contribution in [2.45, 2.75) is 12.8 Å². The Balaban J connectivity index is 2.12. The van der Waals surface area contributed by atoms with Crippen LogP contribution >= 0.6 is 11.6 Å². The number of hydrogen-bond acceptors (Lipinski definition) is 4. The lowest BCUT2D eigenvalue weighted by Crippen LogP contribution is -2.25. The lowest BCUT2D eigenvalue weighted by molar-refractivity contribution is -0.120. The highest BCUT2D eigenvalue weighted by Crippen LogP contribution is 2.21. The normalized spacial score (nSPS) is 10.1. The molecule has 2 aromatic rings. The number of halogens is 2. The van der Waals surface area contributed by atoms with Crippen LogP contribution in [0.15, 0.2) is 23.0 Å². The number of aromatic amines is 1. The fourth-order valence-corrected chi connectivity index (χ4v) is 1.95. The summed E-state index contributed by atoms with van der Waals surface area (Å²) in [6, 6.07) is 3.93. The summed E-state index contributed by atoms with van der Waals surface area (Å²) in [4.78, 5) is 25.9. The van der Waals surface area contributed by atoms with E-state index in [1.165, 1.54) is 18.2 Å². The molecule has 0 bridgehead atoms. The zero-order valence-electron chi connectivity index (χ0n) is 11.9. The van der Waals surface area contributed by atoms with E-state index in [0.717, 1.165) is 0 Å². The Bertz CT molecular complexity index is 829. The summed E-state index contributed by atoms with van der Waals surface area (Å²) in [5, 5.41) is 10.1. The van der Waals surface area contributed by atoms with Crippen molar-refractivity contribution in [3.05, 3.63) is 45.1 Å². The first-order chi connectivity index (χ1) is 11.0. The highest BCUT2D eigenvalue weighted by molar-refractivity contribution is 6.31. The third kappa shape index (κ3) is 4.37. The molecule has 0 fully saturated rings. The van der Waals surface area contributed by atoms with Gasteiger partial charge < -0.3 is 10.3 Å². The number of terminal acetylenes is 1. The van der Waals surface area contributed by atoms with Crippen molar-refractivity contribution in [1.29, 1.82) is 0 Å². The number of rotatable bonds is 5. The molecule has 23 heavy (non-hydrogen) atoms. The Morgan fingerprint density at radius 2 is 2.22 bits per heavy atom. The molecule has 0 aliphatic carbocycles. The van der Waals surface area contributed by atoms with E-state index in [0.29, 0.717) is 5.56 Å². The molecule has 0 aliphatic rings. The second-order valence-corrected chi connectivity index (χ2v) is 4.97. The number of nitrogens with zero attached hydrogens (tertiary/aromatic N) is 2. The molecule has 0 saturated heterocycles. The van der Waals surface area contributed by atoms with Crippen molar-refractivity contribution in [1.82, 2.24) is 20.5 Å². The molecule has 6 nitrogen and oxygen atoms in total. The number of aryl methyl sites for hydroxylation is 1. The van der Waals surface area contributed by atoms with Crippen molar-refractivity contribution in [2.75, 3.05) is 6.54 Å². The maximum absolute atomic E-state index is 13.1. The molecular formula is C15H12ClFN4O2. The van der Waals surface area contributed by atoms with Gasteiger partial charge >= 0.3 is 0 Å². The maximum atomic E-state index is 13.1. The molecule has 1 heterocycles. The zero-order valence-corrected chi connectivity index (χ0v) is 12.7. The van der Waals surface area contributed by atoms with Crippen LogP contribution in [0.25, 0.3) is 11.4 Å². The van der Waals surface area contributed by atoms with Crippen LogP contribution in [0, 0.1) is 18.2 Å². The maximum Gasteiger partial charge on any atom is 0.273 e. The van der Waals surface area contributed by atoms with Crippen molar-refractivity contribution in [3.8, 4) is 23.7 Å². The lowest BCUT2D eigenvalue weighted by Gasteiger charge is -2.03. The van der Waals surface area contributed by atoms with Gasteiger partial charge in [-0.15, -0.1) is 16.6 Å². The van der Waals surface area contributed by atoms with Crippen LogP contribution in [0.4, 0.5) is 4.39 Å². The van der Waals surface area contributed by atoms with Gasteiger partial charge in [-0.3, -0.25) is 9.59 Å². The molecule has 0 unspecified atom stereocenters. The fraction of sp³-hybridized carbons (Fsp3) is 0.200. The number of benzene rings is 1. The Labute approximate surface area is 136 Å². The van der Waals surface area contributed by atoms with Gasteiger partial charge in [0.15, 0.2) is 5.82 Å². The molecule has 0 spiro atoms. The Morgan fingerprint density at radius 1 is 1.43 bits per heavy atom. The van der Waals surface area contributed by atoms with Crippen LogP contribution in [-0.4, -0.2) is 27.6 Å². The molecule has 1 amide bonds. The van der Waals surface area contributed by atoms with E-state index in [4.69, 9.17) is 18.0 Å². The summed E-state index contributed by atoms with van der Waals surface area (Å²) in [5.41, 5.74) is 0.0809. The van der Waals surface area contributed by atoms with Crippen LogP contribution in [0.3, 0.4) is 0 Å². The smallest absolute Gasteiger partial charge is 0.273 e.